The molecule has 0 spiro atoms. The van der Waals surface area contributed by atoms with Gasteiger partial charge in [-0.05, 0) is 49.9 Å². The molecule has 1 nitrogen and oxygen atoms in total. The molecule has 72 valence electrons. The lowest BCUT2D eigenvalue weighted by atomic mass is 10.1. The minimum Gasteiger partial charge on any atom is -0.330 e. The van der Waals surface area contributed by atoms with Gasteiger partial charge in [-0.25, -0.2) is 0 Å². The zero-order valence-electron chi connectivity index (χ0n) is 8.02. The van der Waals surface area contributed by atoms with Crippen LogP contribution in [0.1, 0.15) is 24.0 Å². The molecule has 0 bridgehead atoms. The van der Waals surface area contributed by atoms with Gasteiger partial charge in [-0.15, -0.1) is 0 Å². The first kappa shape index (κ1) is 10.6. The molecule has 0 amide bonds. The second-order valence-corrected chi connectivity index (χ2v) is 3.74. The molecule has 0 aliphatic rings. The van der Waals surface area contributed by atoms with Gasteiger partial charge in [-0.3, -0.25) is 0 Å². The Kier molecular flexibility index (Phi) is 4.26. The summed E-state index contributed by atoms with van der Waals surface area (Å²) in [6.45, 7) is 2.82. The van der Waals surface area contributed by atoms with Crippen LogP contribution in [0.5, 0.6) is 0 Å². The van der Waals surface area contributed by atoms with E-state index in [0.717, 1.165) is 36.4 Å². The standard InChI is InChI=1S/C11H16ClN/c1-9-8-10(4-2-3-7-13)5-6-11(9)12/h5-6,8H,2-4,7,13H2,1H3. The predicted molar refractivity (Wildman–Crippen MR) is 58.2 cm³/mol. The average molecular weight is 198 g/mol. The molecule has 0 heterocycles. The van der Waals surface area contributed by atoms with Crippen molar-refractivity contribution in [1.29, 1.82) is 0 Å². The van der Waals surface area contributed by atoms with E-state index in [1.165, 1.54) is 5.56 Å². The lowest BCUT2D eigenvalue weighted by molar-refractivity contribution is 0.744. The summed E-state index contributed by atoms with van der Waals surface area (Å²) in [4.78, 5) is 0. The highest BCUT2D eigenvalue weighted by Gasteiger charge is 1.97. The molecule has 0 aliphatic heterocycles. The molecule has 0 saturated carbocycles. The summed E-state index contributed by atoms with van der Waals surface area (Å²) in [5, 5.41) is 0.850. The van der Waals surface area contributed by atoms with Gasteiger partial charge in [-0.2, -0.15) is 0 Å². The number of rotatable bonds is 4. The molecule has 1 aromatic rings. The van der Waals surface area contributed by atoms with Crippen molar-refractivity contribution in [3.63, 3.8) is 0 Å². The maximum absolute atomic E-state index is 5.92. The van der Waals surface area contributed by atoms with Crippen LogP contribution in [0, 0.1) is 6.92 Å². The number of hydrogen-bond donors (Lipinski definition) is 1. The van der Waals surface area contributed by atoms with E-state index in [9.17, 15) is 0 Å². The Bertz CT molecular complexity index is 271. The molecular weight excluding hydrogens is 182 g/mol. The van der Waals surface area contributed by atoms with Crippen LogP contribution in [-0.4, -0.2) is 6.54 Å². The van der Waals surface area contributed by atoms with Crippen LogP contribution in [0.25, 0.3) is 0 Å². The van der Waals surface area contributed by atoms with Crippen molar-refractivity contribution in [3.8, 4) is 0 Å². The van der Waals surface area contributed by atoms with Gasteiger partial charge >= 0.3 is 0 Å². The van der Waals surface area contributed by atoms with Gasteiger partial charge in [0.25, 0.3) is 0 Å². The van der Waals surface area contributed by atoms with Crippen LogP contribution in [-0.2, 0) is 6.42 Å². The van der Waals surface area contributed by atoms with Gasteiger partial charge in [-0.1, -0.05) is 23.7 Å². The van der Waals surface area contributed by atoms with Crippen LogP contribution >= 0.6 is 11.6 Å². The van der Waals surface area contributed by atoms with Crippen LogP contribution < -0.4 is 5.73 Å². The maximum atomic E-state index is 5.92. The summed E-state index contributed by atoms with van der Waals surface area (Å²) in [5.41, 5.74) is 7.94. The van der Waals surface area contributed by atoms with Crippen LogP contribution in [0.3, 0.4) is 0 Å². The summed E-state index contributed by atoms with van der Waals surface area (Å²) in [6.07, 6.45) is 3.37. The third-order valence-electron chi connectivity index (χ3n) is 2.14. The lowest BCUT2D eigenvalue weighted by Crippen LogP contribution is -1.99. The molecule has 0 fully saturated rings. The van der Waals surface area contributed by atoms with Crippen molar-refractivity contribution in [1.82, 2.24) is 0 Å². The molecule has 0 aromatic heterocycles. The zero-order valence-corrected chi connectivity index (χ0v) is 8.77. The topological polar surface area (TPSA) is 26.0 Å². The first-order valence-corrected chi connectivity index (χ1v) is 5.07. The Morgan fingerprint density at radius 3 is 2.69 bits per heavy atom. The normalized spacial score (nSPS) is 10.4. The van der Waals surface area contributed by atoms with Gasteiger partial charge in [0.1, 0.15) is 0 Å². The van der Waals surface area contributed by atoms with E-state index in [1.54, 1.807) is 0 Å². The highest BCUT2D eigenvalue weighted by molar-refractivity contribution is 6.31. The van der Waals surface area contributed by atoms with E-state index < -0.39 is 0 Å². The molecule has 1 rings (SSSR count). The first-order valence-electron chi connectivity index (χ1n) is 4.69. The third kappa shape index (κ3) is 3.37. The largest absolute Gasteiger partial charge is 0.330 e. The number of unbranched alkanes of at least 4 members (excludes halogenated alkanes) is 1. The fourth-order valence-corrected chi connectivity index (χ4v) is 1.45. The molecule has 1 aromatic carbocycles. The second-order valence-electron chi connectivity index (χ2n) is 3.33. The molecule has 13 heavy (non-hydrogen) atoms. The molecule has 0 aliphatic carbocycles. The summed E-state index contributed by atoms with van der Waals surface area (Å²) < 4.78 is 0. The molecular formula is C11H16ClN. The van der Waals surface area contributed by atoms with Gasteiger partial charge < -0.3 is 5.73 Å². The predicted octanol–water partition coefficient (Wildman–Crippen LogP) is 2.93. The molecule has 0 saturated heterocycles. The Hall–Kier alpha value is -0.530. The van der Waals surface area contributed by atoms with Crippen molar-refractivity contribution in [2.75, 3.05) is 6.54 Å². The highest BCUT2D eigenvalue weighted by atomic mass is 35.5. The van der Waals surface area contributed by atoms with E-state index in [2.05, 4.69) is 12.1 Å². The summed E-state index contributed by atoms with van der Waals surface area (Å²) in [7, 11) is 0. The molecule has 2 N–H and O–H groups in total. The molecule has 0 radical (unpaired) electrons. The third-order valence-corrected chi connectivity index (χ3v) is 2.57. The smallest absolute Gasteiger partial charge is 0.0435 e. The number of hydrogen-bond acceptors (Lipinski definition) is 1. The fourth-order valence-electron chi connectivity index (χ4n) is 1.34. The van der Waals surface area contributed by atoms with Gasteiger partial charge in [0.15, 0.2) is 0 Å². The first-order chi connectivity index (χ1) is 6.24. The Morgan fingerprint density at radius 1 is 1.31 bits per heavy atom. The quantitative estimate of drug-likeness (QED) is 0.739. The van der Waals surface area contributed by atoms with Gasteiger partial charge in [0.05, 0.1) is 0 Å². The van der Waals surface area contributed by atoms with Crippen LogP contribution in [0.2, 0.25) is 5.02 Å². The Morgan fingerprint density at radius 2 is 2.08 bits per heavy atom. The molecule has 0 atom stereocenters. The minimum absolute atomic E-state index is 0.784. The average Bonchev–Trinajstić information content (AvgIpc) is 2.12. The number of nitrogens with two attached hydrogens (primary N) is 1. The van der Waals surface area contributed by atoms with E-state index in [0.29, 0.717) is 0 Å². The fraction of sp³-hybridized carbons (Fsp3) is 0.455. The maximum Gasteiger partial charge on any atom is 0.0435 e. The monoisotopic (exact) mass is 197 g/mol. The zero-order chi connectivity index (χ0) is 9.68. The van der Waals surface area contributed by atoms with Crippen LogP contribution in [0.15, 0.2) is 18.2 Å². The summed E-state index contributed by atoms with van der Waals surface area (Å²) in [5.74, 6) is 0. The summed E-state index contributed by atoms with van der Waals surface area (Å²) >= 11 is 5.92. The number of halogens is 1. The number of aryl methyl sites for hydroxylation is 2. The highest BCUT2D eigenvalue weighted by Crippen LogP contribution is 2.17. The lowest BCUT2D eigenvalue weighted by Gasteiger charge is -2.03. The minimum atomic E-state index is 0.784. The number of benzene rings is 1. The van der Waals surface area contributed by atoms with Crippen molar-refractivity contribution in [2.45, 2.75) is 26.2 Å². The van der Waals surface area contributed by atoms with Crippen molar-refractivity contribution < 1.29 is 0 Å². The van der Waals surface area contributed by atoms with Crippen molar-refractivity contribution in [2.24, 2.45) is 5.73 Å². The van der Waals surface area contributed by atoms with Gasteiger partial charge in [0.2, 0.25) is 0 Å². The SMILES string of the molecule is Cc1cc(CCCCN)ccc1Cl. The van der Waals surface area contributed by atoms with Gasteiger partial charge in [0, 0.05) is 5.02 Å². The Balaban J connectivity index is 2.53. The van der Waals surface area contributed by atoms with E-state index in [-0.39, 0.29) is 0 Å². The second kappa shape index (κ2) is 5.25. The van der Waals surface area contributed by atoms with E-state index >= 15 is 0 Å². The van der Waals surface area contributed by atoms with Crippen molar-refractivity contribution >= 4 is 11.6 Å². The van der Waals surface area contributed by atoms with Crippen molar-refractivity contribution in [3.05, 3.63) is 34.3 Å². The van der Waals surface area contributed by atoms with E-state index in [1.807, 2.05) is 13.0 Å². The summed E-state index contributed by atoms with van der Waals surface area (Å²) in [6, 6.07) is 6.21. The Labute approximate surface area is 84.9 Å². The van der Waals surface area contributed by atoms with Crippen LogP contribution in [0.4, 0.5) is 0 Å². The molecule has 0 unspecified atom stereocenters. The van der Waals surface area contributed by atoms with E-state index in [4.69, 9.17) is 17.3 Å². The molecule has 2 heteroatoms.